The molecule has 17 heavy (non-hydrogen) atoms. The molecule has 6 heteroatoms. The summed E-state index contributed by atoms with van der Waals surface area (Å²) < 4.78 is 22.8. The lowest BCUT2D eigenvalue weighted by molar-refractivity contribution is -0.131. The molecule has 0 aliphatic carbocycles. The lowest BCUT2D eigenvalue weighted by Crippen LogP contribution is -2.45. The van der Waals surface area contributed by atoms with E-state index in [1.165, 1.54) is 0 Å². The van der Waals surface area contributed by atoms with Crippen LogP contribution in [0.5, 0.6) is 0 Å². The zero-order chi connectivity index (χ0) is 12.6. The van der Waals surface area contributed by atoms with E-state index in [0.29, 0.717) is 13.0 Å². The second-order valence-electron chi connectivity index (χ2n) is 5.25. The van der Waals surface area contributed by atoms with Gasteiger partial charge in [0.25, 0.3) is 0 Å². The minimum atomic E-state index is -2.91. The smallest absolute Gasteiger partial charge is 0.240 e. The summed E-state index contributed by atoms with van der Waals surface area (Å²) in [5.74, 6) is 0.442. The van der Waals surface area contributed by atoms with Crippen LogP contribution in [0.1, 0.15) is 26.7 Å². The average molecular weight is 260 g/mol. The summed E-state index contributed by atoms with van der Waals surface area (Å²) in [6.45, 7) is 4.70. The van der Waals surface area contributed by atoms with Gasteiger partial charge in [-0.1, -0.05) is 13.8 Å². The number of amides is 1. The molecule has 2 fully saturated rings. The number of sulfone groups is 1. The molecule has 0 bridgehead atoms. The molecular weight excluding hydrogens is 240 g/mol. The van der Waals surface area contributed by atoms with Crippen molar-refractivity contribution in [2.45, 2.75) is 44.8 Å². The van der Waals surface area contributed by atoms with Crippen LogP contribution in [0, 0.1) is 0 Å². The van der Waals surface area contributed by atoms with Gasteiger partial charge in [-0.2, -0.15) is 0 Å². The Balaban J connectivity index is 1.99. The highest BCUT2D eigenvalue weighted by Gasteiger charge is 2.40. The van der Waals surface area contributed by atoms with E-state index in [-0.39, 0.29) is 35.5 Å². The number of hydrogen-bond donors (Lipinski definition) is 1. The molecule has 0 aromatic heterocycles. The van der Waals surface area contributed by atoms with Gasteiger partial charge in [-0.25, -0.2) is 8.42 Å². The molecule has 0 saturated carbocycles. The van der Waals surface area contributed by atoms with Crippen molar-refractivity contribution in [2.24, 2.45) is 0 Å². The van der Waals surface area contributed by atoms with E-state index in [1.807, 2.05) is 13.8 Å². The Morgan fingerprint density at radius 3 is 2.59 bits per heavy atom. The summed E-state index contributed by atoms with van der Waals surface area (Å²) in [6.07, 6.45) is 1.38. The maximum Gasteiger partial charge on any atom is 0.240 e. The van der Waals surface area contributed by atoms with E-state index in [9.17, 15) is 13.2 Å². The molecular formula is C11H20N2O3S. The molecule has 0 aromatic rings. The summed E-state index contributed by atoms with van der Waals surface area (Å²) in [5, 5.41) is 3.22. The summed E-state index contributed by atoms with van der Waals surface area (Å²) in [5.41, 5.74) is 0. The summed E-state index contributed by atoms with van der Waals surface area (Å²) in [6, 6.07) is 0.0565. The maximum atomic E-state index is 12.1. The number of hydrogen-bond acceptors (Lipinski definition) is 4. The standard InChI is InChI=1S/C11H20N2O3S/c1-8(2)12-10-3-5-13(11(10)14)9-4-6-17(15,16)7-9/h8-10,12H,3-7H2,1-2H3. The predicted octanol–water partition coefficient (Wildman–Crippen LogP) is -0.228. The number of nitrogens with zero attached hydrogens (tertiary/aromatic N) is 1. The zero-order valence-corrected chi connectivity index (χ0v) is 11.2. The fourth-order valence-electron chi connectivity index (χ4n) is 2.64. The molecule has 2 atom stereocenters. The summed E-state index contributed by atoms with van der Waals surface area (Å²) >= 11 is 0. The molecule has 0 spiro atoms. The van der Waals surface area contributed by atoms with Gasteiger partial charge >= 0.3 is 0 Å². The highest BCUT2D eigenvalue weighted by Crippen LogP contribution is 2.23. The van der Waals surface area contributed by atoms with Gasteiger partial charge in [-0.05, 0) is 12.8 Å². The average Bonchev–Trinajstić information content (AvgIpc) is 2.71. The third kappa shape index (κ3) is 2.80. The third-order valence-corrected chi connectivity index (χ3v) is 5.17. The van der Waals surface area contributed by atoms with Crippen molar-refractivity contribution in [2.75, 3.05) is 18.1 Å². The van der Waals surface area contributed by atoms with Crippen molar-refractivity contribution < 1.29 is 13.2 Å². The van der Waals surface area contributed by atoms with Crippen molar-refractivity contribution in [3.8, 4) is 0 Å². The minimum Gasteiger partial charge on any atom is -0.337 e. The Morgan fingerprint density at radius 1 is 1.35 bits per heavy atom. The van der Waals surface area contributed by atoms with Gasteiger partial charge in [-0.3, -0.25) is 4.79 Å². The summed E-state index contributed by atoms with van der Waals surface area (Å²) in [7, 11) is -2.91. The number of nitrogens with one attached hydrogen (secondary N) is 1. The van der Waals surface area contributed by atoms with Crippen LogP contribution in [0.3, 0.4) is 0 Å². The van der Waals surface area contributed by atoms with Crippen LogP contribution >= 0.6 is 0 Å². The quantitative estimate of drug-likeness (QED) is 0.761. The molecule has 2 saturated heterocycles. The van der Waals surface area contributed by atoms with Crippen molar-refractivity contribution in [3.05, 3.63) is 0 Å². The number of carbonyl (C=O) groups excluding carboxylic acids is 1. The Morgan fingerprint density at radius 2 is 2.06 bits per heavy atom. The summed E-state index contributed by atoms with van der Waals surface area (Å²) in [4.78, 5) is 13.9. The normalized spacial score (nSPS) is 32.6. The van der Waals surface area contributed by atoms with Gasteiger partial charge in [0.05, 0.1) is 17.5 Å². The van der Waals surface area contributed by atoms with Crippen LogP contribution in [-0.4, -0.2) is 55.4 Å². The maximum absolute atomic E-state index is 12.1. The number of carbonyl (C=O) groups is 1. The minimum absolute atomic E-state index is 0.0702. The molecule has 2 aliphatic rings. The molecule has 2 rings (SSSR count). The van der Waals surface area contributed by atoms with E-state index in [4.69, 9.17) is 0 Å². The topological polar surface area (TPSA) is 66.5 Å². The monoisotopic (exact) mass is 260 g/mol. The Hall–Kier alpha value is -0.620. The van der Waals surface area contributed by atoms with Crippen LogP contribution in [0.25, 0.3) is 0 Å². The van der Waals surface area contributed by atoms with Crippen LogP contribution in [0.15, 0.2) is 0 Å². The Bertz CT molecular complexity index is 405. The molecule has 5 nitrogen and oxygen atoms in total. The fraction of sp³-hybridized carbons (Fsp3) is 0.909. The van der Waals surface area contributed by atoms with E-state index in [0.717, 1.165) is 6.42 Å². The van der Waals surface area contributed by atoms with Crippen LogP contribution in [0.4, 0.5) is 0 Å². The molecule has 0 aromatic carbocycles. The van der Waals surface area contributed by atoms with Crippen LogP contribution < -0.4 is 5.32 Å². The molecule has 1 N–H and O–H groups in total. The number of rotatable bonds is 3. The lowest BCUT2D eigenvalue weighted by atomic mass is 10.2. The Labute approximate surface area is 102 Å². The van der Waals surface area contributed by atoms with E-state index >= 15 is 0 Å². The number of likely N-dealkylation sites (tertiary alicyclic amines) is 1. The van der Waals surface area contributed by atoms with E-state index in [1.54, 1.807) is 4.90 Å². The van der Waals surface area contributed by atoms with Gasteiger partial charge in [-0.15, -0.1) is 0 Å². The Kier molecular flexibility index (Phi) is 3.45. The van der Waals surface area contributed by atoms with Crippen molar-refractivity contribution in [3.63, 3.8) is 0 Å². The first-order chi connectivity index (χ1) is 7.89. The van der Waals surface area contributed by atoms with Gasteiger partial charge in [0.15, 0.2) is 9.84 Å². The second kappa shape index (κ2) is 4.57. The van der Waals surface area contributed by atoms with Crippen LogP contribution in [0.2, 0.25) is 0 Å². The van der Waals surface area contributed by atoms with E-state index in [2.05, 4.69) is 5.32 Å². The first kappa shape index (κ1) is 12.8. The van der Waals surface area contributed by atoms with Crippen LogP contribution in [-0.2, 0) is 14.6 Å². The molecule has 2 unspecified atom stereocenters. The lowest BCUT2D eigenvalue weighted by Gasteiger charge is -2.23. The SMILES string of the molecule is CC(C)NC1CCN(C2CCS(=O)(=O)C2)C1=O. The van der Waals surface area contributed by atoms with Gasteiger partial charge < -0.3 is 10.2 Å². The predicted molar refractivity (Wildman–Crippen MR) is 65.4 cm³/mol. The molecule has 0 radical (unpaired) electrons. The van der Waals surface area contributed by atoms with Gasteiger partial charge in [0.2, 0.25) is 5.91 Å². The van der Waals surface area contributed by atoms with Crippen molar-refractivity contribution in [1.29, 1.82) is 0 Å². The van der Waals surface area contributed by atoms with Gasteiger partial charge in [0.1, 0.15) is 0 Å². The van der Waals surface area contributed by atoms with Crippen molar-refractivity contribution in [1.82, 2.24) is 10.2 Å². The first-order valence-electron chi connectivity index (χ1n) is 6.16. The second-order valence-corrected chi connectivity index (χ2v) is 7.48. The largest absolute Gasteiger partial charge is 0.337 e. The van der Waals surface area contributed by atoms with E-state index < -0.39 is 9.84 Å². The third-order valence-electron chi connectivity index (χ3n) is 3.42. The molecule has 2 heterocycles. The highest BCUT2D eigenvalue weighted by molar-refractivity contribution is 7.91. The molecule has 98 valence electrons. The van der Waals surface area contributed by atoms with Crippen molar-refractivity contribution >= 4 is 15.7 Å². The fourth-order valence-corrected chi connectivity index (χ4v) is 4.37. The molecule has 2 aliphatic heterocycles. The first-order valence-corrected chi connectivity index (χ1v) is 7.98. The molecule has 1 amide bonds. The van der Waals surface area contributed by atoms with Gasteiger partial charge in [0, 0.05) is 18.6 Å². The highest BCUT2D eigenvalue weighted by atomic mass is 32.2. The zero-order valence-electron chi connectivity index (χ0n) is 10.3.